The van der Waals surface area contributed by atoms with Gasteiger partial charge in [0.2, 0.25) is 0 Å². The summed E-state index contributed by atoms with van der Waals surface area (Å²) in [7, 11) is 0. The van der Waals surface area contributed by atoms with Gasteiger partial charge in [-0.05, 0) is 29.1 Å². The fourth-order valence-electron chi connectivity index (χ4n) is 2.16. The SMILES string of the molecule is NC(=O)c1sccc1CC1CNC(=O)O1.O=C(O)c1ccccc1S. The van der Waals surface area contributed by atoms with Gasteiger partial charge in [-0.3, -0.25) is 4.79 Å². The van der Waals surface area contributed by atoms with Gasteiger partial charge in [-0.1, -0.05) is 12.1 Å². The summed E-state index contributed by atoms with van der Waals surface area (Å²) in [5.74, 6) is -1.37. The standard InChI is InChI=1S/C9H10N2O3S.C7H6O2S/c10-8(12)7-5(1-2-15-7)3-6-4-11-9(13)14-6;8-7(9)5-3-1-2-4-6(5)10/h1-2,6H,3-4H2,(H2,10,12)(H,11,13);1-4,10H,(H,8,9). The highest BCUT2D eigenvalue weighted by Gasteiger charge is 2.24. The average Bonchev–Trinajstić information content (AvgIpc) is 3.17. The molecule has 7 nitrogen and oxygen atoms in total. The van der Waals surface area contributed by atoms with Crippen molar-refractivity contribution >= 4 is 41.9 Å². The third-order valence-electron chi connectivity index (χ3n) is 3.30. The molecule has 2 amide bonds. The molecule has 0 radical (unpaired) electrons. The van der Waals surface area contributed by atoms with Gasteiger partial charge in [-0.15, -0.1) is 24.0 Å². The number of carbonyl (C=O) groups is 3. The zero-order valence-corrected chi connectivity index (χ0v) is 14.7. The number of nitrogens with two attached hydrogens (primary N) is 1. The van der Waals surface area contributed by atoms with Gasteiger partial charge in [0.25, 0.3) is 5.91 Å². The molecule has 25 heavy (non-hydrogen) atoms. The summed E-state index contributed by atoms with van der Waals surface area (Å²) < 4.78 is 4.97. The normalized spacial score (nSPS) is 15.6. The van der Waals surface area contributed by atoms with E-state index in [9.17, 15) is 14.4 Å². The molecule has 4 N–H and O–H groups in total. The van der Waals surface area contributed by atoms with E-state index < -0.39 is 18.0 Å². The molecule has 132 valence electrons. The Morgan fingerprint density at radius 1 is 1.36 bits per heavy atom. The van der Waals surface area contributed by atoms with Crippen LogP contribution in [0.5, 0.6) is 0 Å². The third-order valence-corrected chi connectivity index (χ3v) is 4.66. The number of amides is 2. The lowest BCUT2D eigenvalue weighted by atomic mass is 10.1. The van der Waals surface area contributed by atoms with E-state index in [4.69, 9.17) is 15.6 Å². The van der Waals surface area contributed by atoms with E-state index in [1.165, 1.54) is 17.4 Å². The van der Waals surface area contributed by atoms with Crippen LogP contribution in [0.4, 0.5) is 4.79 Å². The molecule has 1 fully saturated rings. The Bertz CT molecular complexity index is 790. The summed E-state index contributed by atoms with van der Waals surface area (Å²) >= 11 is 5.26. The molecule has 1 aromatic heterocycles. The number of ether oxygens (including phenoxy) is 1. The Kier molecular flexibility index (Phi) is 6.43. The second-order valence-corrected chi connectivity index (χ2v) is 6.47. The number of alkyl carbamates (subject to hydrolysis) is 1. The smallest absolute Gasteiger partial charge is 0.407 e. The Balaban J connectivity index is 0.000000196. The highest BCUT2D eigenvalue weighted by atomic mass is 32.1. The largest absolute Gasteiger partial charge is 0.478 e. The first-order valence-corrected chi connectivity index (χ1v) is 8.53. The fourth-order valence-corrected chi connectivity index (χ4v) is 3.20. The summed E-state index contributed by atoms with van der Waals surface area (Å²) in [4.78, 5) is 33.2. The number of rotatable bonds is 4. The number of hydrogen-bond donors (Lipinski definition) is 4. The maximum absolute atomic E-state index is 11.0. The number of nitrogens with one attached hydrogen (secondary N) is 1. The highest BCUT2D eigenvalue weighted by Crippen LogP contribution is 2.19. The summed E-state index contributed by atoms with van der Waals surface area (Å²) in [5.41, 5.74) is 6.29. The third kappa shape index (κ3) is 5.23. The first kappa shape index (κ1) is 18.8. The van der Waals surface area contributed by atoms with Gasteiger partial charge in [0.1, 0.15) is 6.10 Å². The van der Waals surface area contributed by atoms with E-state index in [0.29, 0.717) is 22.7 Å². The van der Waals surface area contributed by atoms with Crippen molar-refractivity contribution in [1.29, 1.82) is 0 Å². The van der Waals surface area contributed by atoms with Crippen molar-refractivity contribution in [1.82, 2.24) is 5.32 Å². The second kappa shape index (κ2) is 8.54. The number of benzene rings is 1. The molecule has 0 spiro atoms. The van der Waals surface area contributed by atoms with Gasteiger partial charge in [0, 0.05) is 11.3 Å². The van der Waals surface area contributed by atoms with Crippen molar-refractivity contribution in [3.05, 3.63) is 51.7 Å². The van der Waals surface area contributed by atoms with Gasteiger partial charge in [-0.25, -0.2) is 9.59 Å². The van der Waals surface area contributed by atoms with Crippen LogP contribution in [0.2, 0.25) is 0 Å². The maximum atomic E-state index is 11.0. The molecule has 1 aromatic carbocycles. The van der Waals surface area contributed by atoms with Crippen LogP contribution in [0.3, 0.4) is 0 Å². The molecule has 1 aliphatic rings. The quantitative estimate of drug-likeness (QED) is 0.606. The van der Waals surface area contributed by atoms with Crippen LogP contribution in [0.1, 0.15) is 25.6 Å². The van der Waals surface area contributed by atoms with Gasteiger partial charge < -0.3 is 20.9 Å². The summed E-state index contributed by atoms with van der Waals surface area (Å²) in [6, 6.07) is 8.41. The number of carboxylic acids is 1. The molecule has 2 aromatic rings. The molecule has 9 heteroatoms. The Morgan fingerprint density at radius 2 is 2.08 bits per heavy atom. The van der Waals surface area contributed by atoms with Crippen molar-refractivity contribution in [2.75, 3.05) is 6.54 Å². The predicted octanol–water partition coefficient (Wildman–Crippen LogP) is 2.17. The minimum Gasteiger partial charge on any atom is -0.478 e. The molecule has 0 saturated carbocycles. The van der Waals surface area contributed by atoms with Crippen molar-refractivity contribution in [3.63, 3.8) is 0 Å². The van der Waals surface area contributed by atoms with Crippen molar-refractivity contribution in [2.24, 2.45) is 5.73 Å². The monoisotopic (exact) mass is 380 g/mol. The molecule has 1 unspecified atom stereocenters. The number of aromatic carboxylic acids is 1. The molecule has 3 rings (SSSR count). The molecule has 0 bridgehead atoms. The second-order valence-electron chi connectivity index (χ2n) is 5.07. The topological polar surface area (TPSA) is 119 Å². The Labute approximate surface area is 153 Å². The number of thiophene rings is 1. The molecule has 1 aliphatic heterocycles. The number of carbonyl (C=O) groups excluding carboxylic acids is 2. The summed E-state index contributed by atoms with van der Waals surface area (Å²) in [5, 5.41) is 12.9. The first-order chi connectivity index (χ1) is 11.9. The van der Waals surface area contributed by atoms with E-state index in [1.807, 2.05) is 6.07 Å². The van der Waals surface area contributed by atoms with Crippen LogP contribution >= 0.6 is 24.0 Å². The zero-order chi connectivity index (χ0) is 18.4. The van der Waals surface area contributed by atoms with Crippen LogP contribution < -0.4 is 11.1 Å². The lowest BCUT2D eigenvalue weighted by Crippen LogP contribution is -2.19. The van der Waals surface area contributed by atoms with Crippen LogP contribution in [-0.4, -0.2) is 35.7 Å². The van der Waals surface area contributed by atoms with Gasteiger partial charge >= 0.3 is 12.1 Å². The van der Waals surface area contributed by atoms with E-state index in [2.05, 4.69) is 17.9 Å². The highest BCUT2D eigenvalue weighted by molar-refractivity contribution is 7.80. The Hall–Kier alpha value is -2.52. The molecular weight excluding hydrogens is 364 g/mol. The number of carboxylic acid groups (broad SMARTS) is 1. The van der Waals surface area contributed by atoms with E-state index in [-0.39, 0.29) is 11.7 Å². The number of thiol groups is 1. The molecule has 2 heterocycles. The van der Waals surface area contributed by atoms with Crippen LogP contribution in [0.15, 0.2) is 40.6 Å². The van der Waals surface area contributed by atoms with Crippen LogP contribution in [0.25, 0.3) is 0 Å². The molecule has 0 aliphatic carbocycles. The lowest BCUT2D eigenvalue weighted by molar-refractivity contribution is 0.0692. The van der Waals surface area contributed by atoms with Crippen LogP contribution in [-0.2, 0) is 11.2 Å². The maximum Gasteiger partial charge on any atom is 0.407 e. The van der Waals surface area contributed by atoms with E-state index in [1.54, 1.807) is 23.6 Å². The minimum absolute atomic E-state index is 0.204. The van der Waals surface area contributed by atoms with Gasteiger partial charge in [0.05, 0.1) is 17.0 Å². The van der Waals surface area contributed by atoms with Crippen molar-refractivity contribution in [3.8, 4) is 0 Å². The van der Waals surface area contributed by atoms with Crippen molar-refractivity contribution in [2.45, 2.75) is 17.4 Å². The number of cyclic esters (lactones) is 1. The average molecular weight is 380 g/mol. The van der Waals surface area contributed by atoms with Crippen molar-refractivity contribution < 1.29 is 24.2 Å². The van der Waals surface area contributed by atoms with E-state index >= 15 is 0 Å². The number of hydrogen-bond acceptors (Lipinski definition) is 6. The van der Waals surface area contributed by atoms with E-state index in [0.717, 1.165) is 5.56 Å². The molecule has 1 atom stereocenters. The lowest BCUT2D eigenvalue weighted by Gasteiger charge is -2.06. The number of primary amides is 1. The Morgan fingerprint density at radius 3 is 2.60 bits per heavy atom. The fraction of sp³-hybridized carbons (Fsp3) is 0.188. The summed E-state index contributed by atoms with van der Waals surface area (Å²) in [6.07, 6.45) is -0.0818. The first-order valence-electron chi connectivity index (χ1n) is 7.20. The molecular formula is C16H16N2O5S2. The van der Waals surface area contributed by atoms with Gasteiger partial charge in [0.15, 0.2) is 0 Å². The summed E-state index contributed by atoms with van der Waals surface area (Å²) in [6.45, 7) is 0.479. The molecule has 1 saturated heterocycles. The van der Waals surface area contributed by atoms with Gasteiger partial charge in [-0.2, -0.15) is 0 Å². The van der Waals surface area contributed by atoms with Crippen LogP contribution in [0, 0.1) is 0 Å². The minimum atomic E-state index is -0.939. The predicted molar refractivity (Wildman–Crippen MR) is 95.5 cm³/mol. The zero-order valence-electron chi connectivity index (χ0n) is 13.0.